The van der Waals surface area contributed by atoms with E-state index >= 15 is 0 Å². The van der Waals surface area contributed by atoms with Crippen LogP contribution in [0.3, 0.4) is 0 Å². The fourth-order valence-corrected chi connectivity index (χ4v) is 11.0. The highest BCUT2D eigenvalue weighted by atomic mass is 16.5. The smallest absolute Gasteiger partial charge is 0.309 e. The molecule has 0 radical (unpaired) electrons. The average molecular weight is 617 g/mol. The first-order valence-electron chi connectivity index (χ1n) is 18.0. The average Bonchev–Trinajstić information content (AvgIpc) is 3.60. The lowest BCUT2D eigenvalue weighted by Gasteiger charge is -2.61. The minimum Gasteiger partial charge on any atom is -0.462 e. The molecule has 4 fully saturated rings. The van der Waals surface area contributed by atoms with Gasteiger partial charge in [-0.25, -0.2) is 0 Å². The van der Waals surface area contributed by atoms with Crippen LogP contribution in [0, 0.1) is 52.3 Å². The Morgan fingerprint density at radius 2 is 1.73 bits per heavy atom. The maximum atomic E-state index is 13.9. The molecule has 1 aromatic heterocycles. The number of aromatic amines is 1. The van der Waals surface area contributed by atoms with E-state index in [0.717, 1.165) is 54.5 Å². The Balaban J connectivity index is 1.14. The highest BCUT2D eigenvalue weighted by Crippen LogP contribution is 2.67. The molecule has 1 heterocycles. The number of fused-ring (bicyclic) bond motifs is 6. The van der Waals surface area contributed by atoms with E-state index in [1.807, 2.05) is 45.2 Å². The molecular weight excluding hydrogens is 560 g/mol. The van der Waals surface area contributed by atoms with Crippen molar-refractivity contribution in [2.75, 3.05) is 0 Å². The standard InChI is InChI=1S/C39H56N2O4/c1-6-23(2)36(40)35(43)20-25(19-26-22-41-34-10-8-7-9-29(26)34)37(44)45-28-15-17-38(4)27(21-28)11-12-30-32-14-13-31(24(3)42)39(32,5)18-16-33(30)38/h7-10,22-23,25,27-28,30-33,36,41H,6,11-21,40H2,1-5H3/t23?,25-,27+,28-,30+,31-,32+,33+,36+,38+,39-/m1/s1. The normalized spacial score (nSPS) is 36.3. The molecule has 0 bridgehead atoms. The summed E-state index contributed by atoms with van der Waals surface area (Å²) in [5, 5.41) is 1.08. The van der Waals surface area contributed by atoms with Crippen molar-refractivity contribution in [1.29, 1.82) is 0 Å². The zero-order chi connectivity index (χ0) is 32.1. The SMILES string of the molecule is CCC(C)[C@H](N)C(=O)C[C@@H](Cc1c[nH]c2ccccc12)C(=O)O[C@@H]1CC[C@@]2(C)[C@@H](CC[C@@H]3[C@@H]2CC[C@]2(C)[C@@H](C(C)=O)CC[C@@H]32)C1. The van der Waals surface area contributed by atoms with Crippen molar-refractivity contribution in [1.82, 2.24) is 4.98 Å². The van der Waals surface area contributed by atoms with Gasteiger partial charge in [0.25, 0.3) is 0 Å². The Morgan fingerprint density at radius 1 is 1.00 bits per heavy atom. The molecule has 1 aromatic carbocycles. The number of nitrogens with two attached hydrogens (primary N) is 1. The lowest BCUT2D eigenvalue weighted by molar-refractivity contribution is -0.167. The third-order valence-electron chi connectivity index (χ3n) is 13.9. The number of hydrogen-bond donors (Lipinski definition) is 2. The molecule has 0 amide bonds. The summed E-state index contributed by atoms with van der Waals surface area (Å²) in [4.78, 5) is 43.1. The predicted molar refractivity (Wildman–Crippen MR) is 178 cm³/mol. The molecular formula is C39H56N2O4. The molecule has 4 aliphatic carbocycles. The van der Waals surface area contributed by atoms with Gasteiger partial charge in [-0.3, -0.25) is 14.4 Å². The largest absolute Gasteiger partial charge is 0.462 e. The van der Waals surface area contributed by atoms with Crippen LogP contribution in [-0.4, -0.2) is 34.7 Å². The van der Waals surface area contributed by atoms with Gasteiger partial charge in [0, 0.05) is 29.4 Å². The van der Waals surface area contributed by atoms with Crippen LogP contribution < -0.4 is 5.73 Å². The molecule has 6 nitrogen and oxygen atoms in total. The lowest BCUT2D eigenvalue weighted by Crippen LogP contribution is -2.54. The Kier molecular flexibility index (Phi) is 9.10. The number of carbonyl (C=O) groups is 3. The van der Waals surface area contributed by atoms with E-state index in [1.165, 1.54) is 32.1 Å². The van der Waals surface area contributed by atoms with Gasteiger partial charge in [-0.2, -0.15) is 0 Å². The Bertz CT molecular complexity index is 1410. The van der Waals surface area contributed by atoms with E-state index in [9.17, 15) is 14.4 Å². The second kappa shape index (κ2) is 12.6. The van der Waals surface area contributed by atoms with Crippen LogP contribution in [0.15, 0.2) is 30.5 Å². The number of Topliss-reactive ketones (excluding diaryl/α,β-unsaturated/α-hetero) is 2. The molecule has 4 saturated carbocycles. The first-order chi connectivity index (χ1) is 21.5. The van der Waals surface area contributed by atoms with E-state index in [4.69, 9.17) is 10.5 Å². The number of benzene rings is 1. The van der Waals surface area contributed by atoms with Crippen LogP contribution >= 0.6 is 0 Å². The van der Waals surface area contributed by atoms with Gasteiger partial charge >= 0.3 is 5.97 Å². The summed E-state index contributed by atoms with van der Waals surface area (Å²) < 4.78 is 6.36. The minimum atomic E-state index is -0.568. The summed E-state index contributed by atoms with van der Waals surface area (Å²) in [6.07, 6.45) is 13.3. The van der Waals surface area contributed by atoms with Crippen LogP contribution in [0.4, 0.5) is 0 Å². The molecule has 2 aromatic rings. The first-order valence-corrected chi connectivity index (χ1v) is 18.0. The quantitative estimate of drug-likeness (QED) is 0.265. The highest BCUT2D eigenvalue weighted by molar-refractivity contribution is 5.89. The Morgan fingerprint density at radius 3 is 2.49 bits per heavy atom. The van der Waals surface area contributed by atoms with Crippen molar-refractivity contribution in [2.45, 2.75) is 124 Å². The van der Waals surface area contributed by atoms with Crippen LogP contribution in [0.2, 0.25) is 0 Å². The maximum Gasteiger partial charge on any atom is 0.309 e. The fourth-order valence-electron chi connectivity index (χ4n) is 11.0. The van der Waals surface area contributed by atoms with Crippen LogP contribution in [0.25, 0.3) is 10.9 Å². The number of rotatable bonds is 10. The van der Waals surface area contributed by atoms with Crippen molar-refractivity contribution >= 4 is 28.4 Å². The van der Waals surface area contributed by atoms with Crippen molar-refractivity contribution in [2.24, 2.45) is 58.0 Å². The summed E-state index contributed by atoms with van der Waals surface area (Å²) in [5.41, 5.74) is 8.86. The number of H-pyrrole nitrogens is 1. The summed E-state index contributed by atoms with van der Waals surface area (Å²) in [7, 11) is 0. The monoisotopic (exact) mass is 616 g/mol. The zero-order valence-electron chi connectivity index (χ0n) is 28.3. The van der Waals surface area contributed by atoms with Crippen molar-refractivity contribution < 1.29 is 19.1 Å². The van der Waals surface area contributed by atoms with Crippen molar-refractivity contribution in [3.05, 3.63) is 36.0 Å². The van der Waals surface area contributed by atoms with Gasteiger partial charge in [0.05, 0.1) is 12.0 Å². The van der Waals surface area contributed by atoms with Gasteiger partial charge in [-0.15, -0.1) is 0 Å². The molecule has 6 heteroatoms. The number of ketones is 2. The van der Waals surface area contributed by atoms with Gasteiger partial charge in [0.1, 0.15) is 11.9 Å². The molecule has 11 atom stereocenters. The first kappa shape index (κ1) is 32.5. The topological polar surface area (TPSA) is 102 Å². The number of esters is 1. The van der Waals surface area contributed by atoms with E-state index in [2.05, 4.69) is 24.9 Å². The van der Waals surface area contributed by atoms with Gasteiger partial charge in [-0.1, -0.05) is 52.3 Å². The number of ether oxygens (including phenoxy) is 1. The molecule has 246 valence electrons. The fraction of sp³-hybridized carbons (Fsp3) is 0.718. The van der Waals surface area contributed by atoms with Gasteiger partial charge < -0.3 is 15.5 Å². The maximum absolute atomic E-state index is 13.9. The lowest BCUT2D eigenvalue weighted by atomic mass is 9.44. The second-order valence-electron chi connectivity index (χ2n) is 16.1. The van der Waals surface area contributed by atoms with Gasteiger partial charge in [0.2, 0.25) is 0 Å². The predicted octanol–water partition coefficient (Wildman–Crippen LogP) is 7.82. The van der Waals surface area contributed by atoms with Crippen molar-refractivity contribution in [3.63, 3.8) is 0 Å². The summed E-state index contributed by atoms with van der Waals surface area (Å²) in [6.45, 7) is 10.8. The zero-order valence-corrected chi connectivity index (χ0v) is 28.3. The molecule has 1 unspecified atom stereocenters. The highest BCUT2D eigenvalue weighted by Gasteiger charge is 2.61. The molecule has 0 aliphatic heterocycles. The van der Waals surface area contributed by atoms with Gasteiger partial charge in [0.15, 0.2) is 5.78 Å². The van der Waals surface area contributed by atoms with E-state index in [-0.39, 0.29) is 46.9 Å². The van der Waals surface area contributed by atoms with Crippen molar-refractivity contribution in [3.8, 4) is 0 Å². The summed E-state index contributed by atoms with van der Waals surface area (Å²) in [5.74, 6) is 2.49. The van der Waals surface area contributed by atoms with Crippen LogP contribution in [0.5, 0.6) is 0 Å². The molecule has 45 heavy (non-hydrogen) atoms. The molecule has 0 spiro atoms. The number of carbonyl (C=O) groups excluding carboxylic acids is 3. The molecule has 0 saturated heterocycles. The van der Waals surface area contributed by atoms with Crippen LogP contribution in [-0.2, 0) is 25.5 Å². The number of aromatic nitrogens is 1. The van der Waals surface area contributed by atoms with E-state index in [1.54, 1.807) is 0 Å². The Hall–Kier alpha value is -2.47. The number of para-hydroxylation sites is 1. The number of nitrogens with one attached hydrogen (secondary N) is 1. The molecule has 3 N–H and O–H groups in total. The molecule has 4 aliphatic rings. The third-order valence-corrected chi connectivity index (χ3v) is 13.9. The summed E-state index contributed by atoms with van der Waals surface area (Å²) in [6, 6.07) is 7.53. The van der Waals surface area contributed by atoms with E-state index < -0.39 is 12.0 Å². The van der Waals surface area contributed by atoms with Crippen LogP contribution in [0.1, 0.15) is 111 Å². The van der Waals surface area contributed by atoms with E-state index in [0.29, 0.717) is 30.0 Å². The Labute approximate surface area is 270 Å². The molecule has 6 rings (SSSR count). The van der Waals surface area contributed by atoms with Gasteiger partial charge in [-0.05, 0) is 123 Å². The second-order valence-corrected chi connectivity index (χ2v) is 16.1. The third kappa shape index (κ3) is 5.83. The minimum absolute atomic E-state index is 0.0519. The number of hydrogen-bond acceptors (Lipinski definition) is 5. The summed E-state index contributed by atoms with van der Waals surface area (Å²) >= 11 is 0.